The van der Waals surface area contributed by atoms with Crippen molar-refractivity contribution in [2.45, 2.75) is 6.18 Å². The number of alkyl halides is 3. The van der Waals surface area contributed by atoms with Crippen molar-refractivity contribution < 1.29 is 17.9 Å². The first kappa shape index (κ1) is 16.8. The molecule has 3 aromatic rings. The van der Waals surface area contributed by atoms with Gasteiger partial charge in [-0.1, -0.05) is 30.3 Å². The highest BCUT2D eigenvalue weighted by Crippen LogP contribution is 2.36. The summed E-state index contributed by atoms with van der Waals surface area (Å²) in [5.41, 5.74) is 7.56. The molecule has 2 N–H and O–H groups in total. The zero-order chi connectivity index (χ0) is 18.0. The second-order valence-electron chi connectivity index (χ2n) is 5.44. The molecule has 0 bridgehead atoms. The fraction of sp³-hybridized carbons (Fsp3) is 0.105. The quantitative estimate of drug-likeness (QED) is 0.725. The molecule has 25 heavy (non-hydrogen) atoms. The summed E-state index contributed by atoms with van der Waals surface area (Å²) < 4.78 is 44.1. The Kier molecular flexibility index (Phi) is 4.35. The smallest absolute Gasteiger partial charge is 0.416 e. The van der Waals surface area contributed by atoms with Crippen molar-refractivity contribution in [1.29, 1.82) is 0 Å². The Morgan fingerprint density at radius 2 is 1.68 bits per heavy atom. The Morgan fingerprint density at radius 3 is 2.40 bits per heavy atom. The lowest BCUT2D eigenvalue weighted by atomic mass is 9.99. The van der Waals surface area contributed by atoms with Crippen LogP contribution in [0.4, 0.5) is 19.0 Å². The standard InChI is InChI=1S/C19H15F3N2O/c1-25-17-8-3-2-7-15(17)16-10-13(11-24-18(16)23)12-5-4-6-14(9-12)19(20,21)22/h2-11H,1H3,(H2,23,24). The molecule has 1 heterocycles. The van der Waals surface area contributed by atoms with Gasteiger partial charge >= 0.3 is 6.18 Å². The van der Waals surface area contributed by atoms with Gasteiger partial charge in [0.1, 0.15) is 11.6 Å². The van der Waals surface area contributed by atoms with Gasteiger partial charge < -0.3 is 10.5 Å². The van der Waals surface area contributed by atoms with E-state index < -0.39 is 11.7 Å². The Balaban J connectivity index is 2.12. The van der Waals surface area contributed by atoms with Crippen LogP contribution in [0.2, 0.25) is 0 Å². The minimum absolute atomic E-state index is 0.278. The summed E-state index contributed by atoms with van der Waals surface area (Å²) in [6.07, 6.45) is -2.94. The van der Waals surface area contributed by atoms with E-state index in [0.29, 0.717) is 22.4 Å². The number of nitrogen functional groups attached to an aromatic ring is 1. The van der Waals surface area contributed by atoms with Crippen LogP contribution in [0.25, 0.3) is 22.3 Å². The molecule has 0 aliphatic carbocycles. The third-order valence-electron chi connectivity index (χ3n) is 3.84. The van der Waals surface area contributed by atoms with Gasteiger partial charge in [0, 0.05) is 22.9 Å². The molecule has 128 valence electrons. The fourth-order valence-electron chi connectivity index (χ4n) is 2.59. The molecule has 0 amide bonds. The Morgan fingerprint density at radius 1 is 0.920 bits per heavy atom. The number of anilines is 1. The van der Waals surface area contributed by atoms with Gasteiger partial charge in [0.25, 0.3) is 0 Å². The van der Waals surface area contributed by atoms with Crippen LogP contribution in [-0.4, -0.2) is 12.1 Å². The first-order valence-electron chi connectivity index (χ1n) is 7.46. The van der Waals surface area contributed by atoms with Crippen LogP contribution >= 0.6 is 0 Å². The number of methoxy groups -OCH3 is 1. The molecule has 6 heteroatoms. The fourth-order valence-corrected chi connectivity index (χ4v) is 2.59. The highest BCUT2D eigenvalue weighted by molar-refractivity contribution is 5.82. The third-order valence-corrected chi connectivity index (χ3v) is 3.84. The monoisotopic (exact) mass is 344 g/mol. The SMILES string of the molecule is COc1ccccc1-c1cc(-c2cccc(C(F)(F)F)c2)cnc1N. The third kappa shape index (κ3) is 3.42. The minimum Gasteiger partial charge on any atom is -0.496 e. The molecule has 1 aromatic heterocycles. The summed E-state index contributed by atoms with van der Waals surface area (Å²) in [6, 6.07) is 14.1. The predicted molar refractivity (Wildman–Crippen MR) is 91.1 cm³/mol. The van der Waals surface area contributed by atoms with Gasteiger partial charge in [0.15, 0.2) is 0 Å². The van der Waals surface area contributed by atoms with Crippen LogP contribution in [0.1, 0.15) is 5.56 Å². The number of para-hydroxylation sites is 1. The zero-order valence-corrected chi connectivity index (χ0v) is 13.3. The van der Waals surface area contributed by atoms with Gasteiger partial charge in [0.05, 0.1) is 12.7 Å². The number of aromatic nitrogens is 1. The van der Waals surface area contributed by atoms with Gasteiger partial charge in [0.2, 0.25) is 0 Å². The number of halogens is 3. The number of benzene rings is 2. The van der Waals surface area contributed by atoms with Crippen molar-refractivity contribution in [3.05, 3.63) is 66.4 Å². The molecule has 0 aliphatic rings. The van der Waals surface area contributed by atoms with Gasteiger partial charge in [-0.2, -0.15) is 13.2 Å². The average Bonchev–Trinajstić information content (AvgIpc) is 2.61. The maximum atomic E-state index is 12.9. The molecular weight excluding hydrogens is 329 g/mol. The van der Waals surface area contributed by atoms with Crippen molar-refractivity contribution >= 4 is 5.82 Å². The lowest BCUT2D eigenvalue weighted by Gasteiger charge is -2.13. The Labute approximate surface area is 142 Å². The average molecular weight is 344 g/mol. The molecule has 0 aliphatic heterocycles. The topological polar surface area (TPSA) is 48.1 Å². The number of nitrogens with zero attached hydrogens (tertiary/aromatic N) is 1. The van der Waals surface area contributed by atoms with Crippen molar-refractivity contribution in [2.75, 3.05) is 12.8 Å². The molecule has 3 nitrogen and oxygen atoms in total. The maximum Gasteiger partial charge on any atom is 0.416 e. The molecule has 0 spiro atoms. The zero-order valence-electron chi connectivity index (χ0n) is 13.3. The Bertz CT molecular complexity index is 907. The molecular formula is C19H15F3N2O. The van der Waals surface area contributed by atoms with Crippen molar-refractivity contribution in [1.82, 2.24) is 4.98 Å². The molecule has 3 rings (SSSR count). The highest BCUT2D eigenvalue weighted by Gasteiger charge is 2.30. The van der Waals surface area contributed by atoms with Gasteiger partial charge in [-0.05, 0) is 29.8 Å². The number of rotatable bonds is 3. The molecule has 0 saturated heterocycles. The first-order chi connectivity index (χ1) is 11.9. The van der Waals surface area contributed by atoms with Crippen LogP contribution in [0.15, 0.2) is 60.8 Å². The summed E-state index contributed by atoms with van der Waals surface area (Å²) in [5.74, 6) is 0.886. The second-order valence-corrected chi connectivity index (χ2v) is 5.44. The Hall–Kier alpha value is -3.02. The van der Waals surface area contributed by atoms with E-state index in [1.807, 2.05) is 18.2 Å². The summed E-state index contributed by atoms with van der Waals surface area (Å²) in [6.45, 7) is 0. The van der Waals surface area contributed by atoms with Crippen LogP contribution in [0.3, 0.4) is 0 Å². The molecule has 0 saturated carbocycles. The molecule has 2 aromatic carbocycles. The van der Waals surface area contributed by atoms with Crippen molar-refractivity contribution in [3.8, 4) is 28.0 Å². The summed E-state index contributed by atoms with van der Waals surface area (Å²) in [4.78, 5) is 4.14. The summed E-state index contributed by atoms with van der Waals surface area (Å²) in [5, 5.41) is 0. The van der Waals surface area contributed by atoms with Crippen molar-refractivity contribution in [2.24, 2.45) is 0 Å². The van der Waals surface area contributed by atoms with Crippen LogP contribution < -0.4 is 10.5 Å². The van der Waals surface area contributed by atoms with E-state index in [0.717, 1.165) is 17.7 Å². The normalized spacial score (nSPS) is 11.4. The highest BCUT2D eigenvalue weighted by atomic mass is 19.4. The number of ether oxygens (including phenoxy) is 1. The second kappa shape index (κ2) is 6.47. The van der Waals surface area contributed by atoms with E-state index in [9.17, 15) is 13.2 Å². The summed E-state index contributed by atoms with van der Waals surface area (Å²) in [7, 11) is 1.54. The van der Waals surface area contributed by atoms with E-state index in [4.69, 9.17) is 10.5 Å². The molecule has 0 radical (unpaired) electrons. The number of pyridine rings is 1. The van der Waals surface area contributed by atoms with Crippen molar-refractivity contribution in [3.63, 3.8) is 0 Å². The molecule has 0 atom stereocenters. The van der Waals surface area contributed by atoms with E-state index in [1.54, 1.807) is 25.3 Å². The van der Waals surface area contributed by atoms with E-state index >= 15 is 0 Å². The molecule has 0 unspecified atom stereocenters. The largest absolute Gasteiger partial charge is 0.496 e. The van der Waals surface area contributed by atoms with E-state index in [1.165, 1.54) is 12.3 Å². The number of hydrogen-bond acceptors (Lipinski definition) is 3. The lowest BCUT2D eigenvalue weighted by molar-refractivity contribution is -0.137. The van der Waals surface area contributed by atoms with Crippen LogP contribution in [-0.2, 0) is 6.18 Å². The lowest BCUT2D eigenvalue weighted by Crippen LogP contribution is -2.04. The number of nitrogens with two attached hydrogens (primary N) is 1. The summed E-state index contributed by atoms with van der Waals surface area (Å²) >= 11 is 0. The molecule has 0 fully saturated rings. The van der Waals surface area contributed by atoms with E-state index in [2.05, 4.69) is 4.98 Å². The van der Waals surface area contributed by atoms with Gasteiger partial charge in [-0.15, -0.1) is 0 Å². The maximum absolute atomic E-state index is 12.9. The predicted octanol–water partition coefficient (Wildman–Crippen LogP) is 5.03. The number of hydrogen-bond donors (Lipinski definition) is 1. The first-order valence-corrected chi connectivity index (χ1v) is 7.46. The van der Waals surface area contributed by atoms with Gasteiger partial charge in [-0.3, -0.25) is 0 Å². The van der Waals surface area contributed by atoms with E-state index in [-0.39, 0.29) is 5.82 Å². The minimum atomic E-state index is -4.40. The van der Waals surface area contributed by atoms with Crippen LogP contribution in [0, 0.1) is 0 Å². The van der Waals surface area contributed by atoms with Gasteiger partial charge in [-0.25, -0.2) is 4.98 Å². The van der Waals surface area contributed by atoms with Crippen LogP contribution in [0.5, 0.6) is 5.75 Å².